The van der Waals surface area contributed by atoms with Gasteiger partial charge in [0.1, 0.15) is 0 Å². The van der Waals surface area contributed by atoms with Gasteiger partial charge in [-0.3, -0.25) is 0 Å². The van der Waals surface area contributed by atoms with Crippen molar-refractivity contribution in [3.05, 3.63) is 231 Å². The van der Waals surface area contributed by atoms with Crippen LogP contribution in [0.25, 0.3) is 129 Å². The lowest BCUT2D eigenvalue weighted by Crippen LogP contribution is -1.93. The zero-order valence-corrected chi connectivity index (χ0v) is 36.4. The molecular weight excluding hydrogens is 809 g/mol. The Labute approximate surface area is 379 Å². The van der Waals surface area contributed by atoms with Crippen LogP contribution in [0.2, 0.25) is 0 Å². The van der Waals surface area contributed by atoms with Crippen LogP contribution in [0.3, 0.4) is 0 Å². The van der Waals surface area contributed by atoms with Gasteiger partial charge < -0.3 is 0 Å². The highest BCUT2D eigenvalue weighted by Gasteiger charge is 2.24. The van der Waals surface area contributed by atoms with E-state index in [0.717, 1.165) is 0 Å². The highest BCUT2D eigenvalue weighted by molar-refractivity contribution is 7.26. The van der Waals surface area contributed by atoms with Gasteiger partial charge in [0.25, 0.3) is 0 Å². The van der Waals surface area contributed by atoms with Gasteiger partial charge in [-0.05, 0) is 115 Å². The van der Waals surface area contributed by atoms with Crippen molar-refractivity contribution in [2.75, 3.05) is 0 Å². The van der Waals surface area contributed by atoms with E-state index in [1.807, 2.05) is 22.7 Å². The van der Waals surface area contributed by atoms with E-state index in [0.29, 0.717) is 0 Å². The molecule has 0 aliphatic heterocycles. The van der Waals surface area contributed by atoms with Crippen molar-refractivity contribution in [1.29, 1.82) is 0 Å². The number of hydrogen-bond donors (Lipinski definition) is 0. The molecule has 2 heterocycles. The molecule has 0 amide bonds. The Morgan fingerprint density at radius 2 is 0.469 bits per heavy atom. The molecule has 298 valence electrons. The van der Waals surface area contributed by atoms with Gasteiger partial charge in [0, 0.05) is 62.2 Å². The topological polar surface area (TPSA) is 0 Å². The standard InChI is InChI=1S/C62H38S2/c1-7-19-39(20-8-1)45-31-49(43-27-15-5-16-28-43)61-53(35-45)57-51-33-47(41-23-11-3-12-24-41)38-56-60(51)58(52-34-48(37-55(63-61)59(52)57)42-25-13-4-14-26-42)54-36-46(40-21-9-2-10-22-40)32-50(62(54)64-56)44-29-17-6-18-30-44/h1-38H. The van der Waals surface area contributed by atoms with Gasteiger partial charge >= 0.3 is 0 Å². The van der Waals surface area contributed by atoms with Crippen molar-refractivity contribution in [2.45, 2.75) is 0 Å². The minimum atomic E-state index is 1.22. The third kappa shape index (κ3) is 6.02. The summed E-state index contributed by atoms with van der Waals surface area (Å²) in [5.74, 6) is 0. The summed E-state index contributed by atoms with van der Waals surface area (Å²) in [7, 11) is 0. The second-order valence-electron chi connectivity index (χ2n) is 16.7. The fourth-order valence-electron chi connectivity index (χ4n) is 10.1. The first-order chi connectivity index (χ1) is 31.7. The first-order valence-electron chi connectivity index (χ1n) is 21.9. The number of benzene rings is 11. The summed E-state index contributed by atoms with van der Waals surface area (Å²) in [6.07, 6.45) is 0. The molecule has 0 aliphatic rings. The van der Waals surface area contributed by atoms with Crippen molar-refractivity contribution in [1.82, 2.24) is 0 Å². The van der Waals surface area contributed by atoms with Crippen LogP contribution in [0.4, 0.5) is 0 Å². The summed E-state index contributed by atoms with van der Waals surface area (Å²) < 4.78 is 5.17. The Hall–Kier alpha value is -7.62. The van der Waals surface area contributed by atoms with Crippen molar-refractivity contribution in [3.8, 4) is 66.8 Å². The third-order valence-electron chi connectivity index (χ3n) is 13.0. The van der Waals surface area contributed by atoms with Crippen LogP contribution in [-0.2, 0) is 0 Å². The largest absolute Gasteiger partial charge is 0.134 e. The van der Waals surface area contributed by atoms with Crippen LogP contribution in [0.15, 0.2) is 231 Å². The monoisotopic (exact) mass is 846 g/mol. The van der Waals surface area contributed by atoms with Crippen LogP contribution < -0.4 is 0 Å². The predicted molar refractivity (Wildman–Crippen MR) is 280 cm³/mol. The summed E-state index contributed by atoms with van der Waals surface area (Å²) in [4.78, 5) is 0. The number of rotatable bonds is 6. The molecule has 0 saturated carbocycles. The predicted octanol–water partition coefficient (Wildman–Crippen LogP) is 18.7. The molecular formula is C62H38S2. The van der Waals surface area contributed by atoms with Gasteiger partial charge in [-0.25, -0.2) is 0 Å². The van der Waals surface area contributed by atoms with Crippen LogP contribution in [0.5, 0.6) is 0 Å². The van der Waals surface area contributed by atoms with E-state index >= 15 is 0 Å². The molecule has 0 spiro atoms. The molecule has 11 aromatic carbocycles. The number of fused-ring (bicyclic) bond motifs is 6. The average molecular weight is 847 g/mol. The zero-order valence-electron chi connectivity index (χ0n) is 34.8. The van der Waals surface area contributed by atoms with E-state index in [9.17, 15) is 0 Å². The fraction of sp³-hybridized carbons (Fsp3) is 0. The third-order valence-corrected chi connectivity index (χ3v) is 15.4. The van der Waals surface area contributed by atoms with Crippen molar-refractivity contribution in [2.24, 2.45) is 0 Å². The first kappa shape index (κ1) is 37.0. The van der Waals surface area contributed by atoms with Gasteiger partial charge in [-0.1, -0.05) is 182 Å². The van der Waals surface area contributed by atoms with Crippen LogP contribution >= 0.6 is 22.7 Å². The lowest BCUT2D eigenvalue weighted by Gasteiger charge is -2.22. The lowest BCUT2D eigenvalue weighted by atomic mass is 9.86. The summed E-state index contributed by atoms with van der Waals surface area (Å²) >= 11 is 3.87. The molecule has 0 radical (unpaired) electrons. The Morgan fingerprint density at radius 1 is 0.203 bits per heavy atom. The van der Waals surface area contributed by atoms with Gasteiger partial charge in [0.2, 0.25) is 0 Å². The summed E-state index contributed by atoms with van der Waals surface area (Å²) in [6, 6.07) is 85.4. The quantitative estimate of drug-likeness (QED) is 0.116. The van der Waals surface area contributed by atoms with E-state index in [2.05, 4.69) is 231 Å². The molecule has 0 bridgehead atoms. The van der Waals surface area contributed by atoms with Gasteiger partial charge in [-0.15, -0.1) is 22.7 Å². The molecule has 13 aromatic rings. The smallest absolute Gasteiger partial charge is 0.0434 e. The Bertz CT molecular complexity index is 3630. The second kappa shape index (κ2) is 15.0. The molecule has 0 atom stereocenters. The normalized spacial score (nSPS) is 11.8. The minimum absolute atomic E-state index is 1.22. The van der Waals surface area contributed by atoms with Crippen LogP contribution in [0, 0.1) is 0 Å². The maximum Gasteiger partial charge on any atom is 0.0434 e. The van der Waals surface area contributed by atoms with Gasteiger partial charge in [0.05, 0.1) is 0 Å². The minimum Gasteiger partial charge on any atom is -0.134 e. The Balaban J connectivity index is 1.31. The van der Waals surface area contributed by atoms with Crippen molar-refractivity contribution < 1.29 is 0 Å². The highest BCUT2D eigenvalue weighted by atomic mass is 32.1. The average Bonchev–Trinajstić information content (AvgIpc) is 3.37. The molecule has 0 N–H and O–H groups in total. The summed E-state index contributed by atoms with van der Waals surface area (Å²) in [5.41, 5.74) is 14.7. The number of hydrogen-bond acceptors (Lipinski definition) is 2. The van der Waals surface area contributed by atoms with Crippen LogP contribution in [-0.4, -0.2) is 0 Å². The molecule has 0 nitrogen and oxygen atoms in total. The van der Waals surface area contributed by atoms with E-state index in [4.69, 9.17) is 0 Å². The molecule has 13 rings (SSSR count). The molecule has 0 fully saturated rings. The maximum absolute atomic E-state index is 2.50. The highest BCUT2D eigenvalue weighted by Crippen LogP contribution is 2.54. The lowest BCUT2D eigenvalue weighted by molar-refractivity contribution is 1.63. The molecule has 0 aliphatic carbocycles. The summed E-state index contributed by atoms with van der Waals surface area (Å²) in [6.45, 7) is 0. The van der Waals surface area contributed by atoms with Gasteiger partial charge in [-0.2, -0.15) is 0 Å². The van der Waals surface area contributed by atoms with E-state index in [1.54, 1.807) is 0 Å². The van der Waals surface area contributed by atoms with E-state index in [1.165, 1.54) is 129 Å². The zero-order chi connectivity index (χ0) is 42.1. The molecule has 64 heavy (non-hydrogen) atoms. The molecule has 0 saturated heterocycles. The van der Waals surface area contributed by atoms with Crippen molar-refractivity contribution in [3.63, 3.8) is 0 Å². The maximum atomic E-state index is 2.50. The van der Waals surface area contributed by atoms with Crippen LogP contribution in [0.1, 0.15) is 0 Å². The summed E-state index contributed by atoms with van der Waals surface area (Å²) in [5, 5.41) is 10.4. The fourth-order valence-corrected chi connectivity index (χ4v) is 12.6. The van der Waals surface area contributed by atoms with E-state index in [-0.39, 0.29) is 0 Å². The first-order valence-corrected chi connectivity index (χ1v) is 23.5. The Morgan fingerprint density at radius 3 is 0.781 bits per heavy atom. The van der Waals surface area contributed by atoms with Crippen molar-refractivity contribution >= 4 is 84.6 Å². The van der Waals surface area contributed by atoms with E-state index < -0.39 is 0 Å². The van der Waals surface area contributed by atoms with Gasteiger partial charge in [0.15, 0.2) is 0 Å². The molecule has 2 heteroatoms. The Kier molecular flexibility index (Phi) is 8.69. The molecule has 0 unspecified atom stereocenters. The SMILES string of the molecule is c1ccc(-c2cc(-c3ccccc3)c3sc4cc(-c5ccccc5)cc5c4c(c3c2)c2cc(-c3ccccc3)cc3sc4c(-c6ccccc6)cc(-c6ccccc6)cc4c5c32)cc1. The second-order valence-corrected chi connectivity index (χ2v) is 18.8. The molecule has 2 aromatic heterocycles.